The summed E-state index contributed by atoms with van der Waals surface area (Å²) < 4.78 is 0. The third-order valence-corrected chi connectivity index (χ3v) is 4.12. The predicted octanol–water partition coefficient (Wildman–Crippen LogP) is 2.45. The molecule has 1 heterocycles. The van der Waals surface area contributed by atoms with E-state index in [0.29, 0.717) is 18.5 Å². The molecule has 1 saturated heterocycles. The number of anilines is 1. The Balaban J connectivity index is 2.35. The Kier molecular flexibility index (Phi) is 3.61. The van der Waals surface area contributed by atoms with Crippen LogP contribution in [0.3, 0.4) is 0 Å². The van der Waals surface area contributed by atoms with Crippen molar-refractivity contribution >= 4 is 23.5 Å². The van der Waals surface area contributed by atoms with E-state index in [1.165, 1.54) is 29.2 Å². The summed E-state index contributed by atoms with van der Waals surface area (Å²) in [5.74, 6) is -1.44. The Hall–Kier alpha value is -2.17. The largest absolute Gasteiger partial charge is 0.478 e. The fourth-order valence-electron chi connectivity index (χ4n) is 2.61. The van der Waals surface area contributed by atoms with Gasteiger partial charge in [0.05, 0.1) is 16.7 Å². The molecule has 1 aromatic carbocycles. The van der Waals surface area contributed by atoms with Gasteiger partial charge in [0, 0.05) is 6.42 Å². The molecule has 106 valence electrons. The normalized spacial score (nSPS) is 17.6. The lowest BCUT2D eigenvalue weighted by Crippen LogP contribution is -2.35. The summed E-state index contributed by atoms with van der Waals surface area (Å²) in [5.41, 5.74) is -0.0402. The minimum atomic E-state index is -1.04. The van der Waals surface area contributed by atoms with Crippen LogP contribution in [0.2, 0.25) is 0 Å². The molecule has 2 rings (SSSR count). The first-order valence-electron chi connectivity index (χ1n) is 6.66. The number of benzene rings is 1. The van der Waals surface area contributed by atoms with E-state index < -0.39 is 11.4 Å². The van der Waals surface area contributed by atoms with Crippen molar-refractivity contribution in [2.45, 2.75) is 33.1 Å². The molecular formula is C15H17NO4. The molecule has 1 aliphatic heterocycles. The summed E-state index contributed by atoms with van der Waals surface area (Å²) in [6, 6.07) is 5.80. The monoisotopic (exact) mass is 275 g/mol. The number of amides is 2. The van der Waals surface area contributed by atoms with Gasteiger partial charge in [0.15, 0.2) is 0 Å². The van der Waals surface area contributed by atoms with Crippen LogP contribution in [0.5, 0.6) is 0 Å². The van der Waals surface area contributed by atoms with Crippen LogP contribution >= 0.6 is 0 Å². The molecular weight excluding hydrogens is 258 g/mol. The smallest absolute Gasteiger partial charge is 0.335 e. The summed E-state index contributed by atoms with van der Waals surface area (Å²) in [6.07, 6.45) is 1.47. The molecule has 2 amide bonds. The van der Waals surface area contributed by atoms with Crippen molar-refractivity contribution in [2.75, 3.05) is 4.90 Å². The van der Waals surface area contributed by atoms with Gasteiger partial charge in [-0.25, -0.2) is 4.79 Å². The van der Waals surface area contributed by atoms with Gasteiger partial charge in [-0.2, -0.15) is 0 Å². The molecule has 0 atom stereocenters. The molecule has 0 aromatic heterocycles. The van der Waals surface area contributed by atoms with E-state index in [9.17, 15) is 14.4 Å². The summed E-state index contributed by atoms with van der Waals surface area (Å²) in [6.45, 7) is 3.82. The topological polar surface area (TPSA) is 74.7 Å². The number of nitrogens with zero attached hydrogens (tertiary/aromatic N) is 1. The first-order valence-corrected chi connectivity index (χ1v) is 6.66. The van der Waals surface area contributed by atoms with Crippen LogP contribution in [0.4, 0.5) is 5.69 Å². The zero-order chi connectivity index (χ0) is 14.9. The van der Waals surface area contributed by atoms with Crippen molar-refractivity contribution in [1.82, 2.24) is 0 Å². The van der Waals surface area contributed by atoms with E-state index in [2.05, 4.69) is 0 Å². The molecule has 5 heteroatoms. The highest BCUT2D eigenvalue weighted by Crippen LogP contribution is 2.41. The molecule has 0 spiro atoms. The van der Waals surface area contributed by atoms with E-state index in [0.717, 1.165) is 0 Å². The van der Waals surface area contributed by atoms with Gasteiger partial charge in [-0.3, -0.25) is 14.5 Å². The maximum atomic E-state index is 12.5. The highest BCUT2D eigenvalue weighted by atomic mass is 16.4. The Morgan fingerprint density at radius 2 is 1.75 bits per heavy atom. The van der Waals surface area contributed by atoms with Crippen LogP contribution in [0.15, 0.2) is 24.3 Å². The number of hydrogen-bond donors (Lipinski definition) is 1. The Labute approximate surface area is 117 Å². The quantitative estimate of drug-likeness (QED) is 0.856. The van der Waals surface area contributed by atoms with Crippen LogP contribution in [-0.2, 0) is 9.59 Å². The molecule has 20 heavy (non-hydrogen) atoms. The maximum absolute atomic E-state index is 12.5. The summed E-state index contributed by atoms with van der Waals surface area (Å²) >= 11 is 0. The van der Waals surface area contributed by atoms with Crippen molar-refractivity contribution in [2.24, 2.45) is 5.41 Å². The van der Waals surface area contributed by atoms with E-state index in [4.69, 9.17) is 5.11 Å². The molecule has 0 aliphatic carbocycles. The molecule has 1 aromatic rings. The standard InChI is InChI=1S/C15H17NO4/c1-3-15(4-2)9-12(17)16(14(15)20)11-7-5-10(6-8-11)13(18)19/h5-8H,3-4,9H2,1-2H3,(H,18,19). The third kappa shape index (κ3) is 2.09. The number of rotatable bonds is 4. The second kappa shape index (κ2) is 5.07. The number of carboxylic acid groups (broad SMARTS) is 1. The molecule has 1 fully saturated rings. The Morgan fingerprint density at radius 3 is 2.15 bits per heavy atom. The van der Waals surface area contributed by atoms with Crippen LogP contribution in [0, 0.1) is 5.41 Å². The number of carboxylic acids is 1. The Morgan fingerprint density at radius 1 is 1.20 bits per heavy atom. The van der Waals surface area contributed by atoms with Gasteiger partial charge >= 0.3 is 5.97 Å². The van der Waals surface area contributed by atoms with Gasteiger partial charge < -0.3 is 5.11 Å². The number of imide groups is 1. The zero-order valence-electron chi connectivity index (χ0n) is 11.5. The second-order valence-electron chi connectivity index (χ2n) is 5.05. The van der Waals surface area contributed by atoms with Gasteiger partial charge in [0.2, 0.25) is 11.8 Å². The van der Waals surface area contributed by atoms with E-state index in [1.807, 2.05) is 13.8 Å². The lowest BCUT2D eigenvalue weighted by Gasteiger charge is -2.23. The lowest BCUT2D eigenvalue weighted by atomic mass is 9.81. The minimum absolute atomic E-state index is 0.130. The summed E-state index contributed by atoms with van der Waals surface area (Å²) in [5, 5.41) is 8.86. The molecule has 0 unspecified atom stereocenters. The maximum Gasteiger partial charge on any atom is 0.335 e. The van der Waals surface area contributed by atoms with Gasteiger partial charge in [0.25, 0.3) is 0 Å². The van der Waals surface area contributed by atoms with E-state index in [1.54, 1.807) is 0 Å². The molecule has 5 nitrogen and oxygen atoms in total. The van der Waals surface area contributed by atoms with Gasteiger partial charge in [-0.15, -0.1) is 0 Å². The lowest BCUT2D eigenvalue weighted by molar-refractivity contribution is -0.126. The second-order valence-corrected chi connectivity index (χ2v) is 5.05. The Bertz CT molecular complexity index is 558. The highest BCUT2D eigenvalue weighted by Gasteiger charge is 2.49. The zero-order valence-corrected chi connectivity index (χ0v) is 11.5. The average Bonchev–Trinajstić information content (AvgIpc) is 2.70. The average molecular weight is 275 g/mol. The first-order chi connectivity index (χ1) is 9.45. The van der Waals surface area contributed by atoms with Crippen molar-refractivity contribution in [3.63, 3.8) is 0 Å². The van der Waals surface area contributed by atoms with Crippen molar-refractivity contribution in [3.8, 4) is 0 Å². The highest BCUT2D eigenvalue weighted by molar-refractivity contribution is 6.22. The van der Waals surface area contributed by atoms with Crippen LogP contribution in [0.25, 0.3) is 0 Å². The predicted molar refractivity (Wildman–Crippen MR) is 73.5 cm³/mol. The molecule has 1 N–H and O–H groups in total. The number of carbonyl (C=O) groups is 3. The van der Waals surface area contributed by atoms with Crippen LogP contribution in [0.1, 0.15) is 43.5 Å². The molecule has 0 bridgehead atoms. The molecule has 1 aliphatic rings. The summed E-state index contributed by atoms with van der Waals surface area (Å²) in [7, 11) is 0. The van der Waals surface area contributed by atoms with Crippen molar-refractivity contribution in [3.05, 3.63) is 29.8 Å². The van der Waals surface area contributed by atoms with Crippen LogP contribution in [-0.4, -0.2) is 22.9 Å². The van der Waals surface area contributed by atoms with Gasteiger partial charge in [0.1, 0.15) is 0 Å². The van der Waals surface area contributed by atoms with E-state index >= 15 is 0 Å². The van der Waals surface area contributed by atoms with Gasteiger partial charge in [-0.1, -0.05) is 13.8 Å². The third-order valence-electron chi connectivity index (χ3n) is 4.12. The molecule has 0 saturated carbocycles. The van der Waals surface area contributed by atoms with Gasteiger partial charge in [-0.05, 0) is 37.1 Å². The fourth-order valence-corrected chi connectivity index (χ4v) is 2.61. The molecule has 0 radical (unpaired) electrons. The van der Waals surface area contributed by atoms with Crippen LogP contribution < -0.4 is 4.90 Å². The SMILES string of the molecule is CCC1(CC)CC(=O)N(c2ccc(C(=O)O)cc2)C1=O. The van der Waals surface area contributed by atoms with Crippen molar-refractivity contribution in [1.29, 1.82) is 0 Å². The first kappa shape index (κ1) is 14.2. The summed E-state index contributed by atoms with van der Waals surface area (Å²) in [4.78, 5) is 36.6. The number of carbonyl (C=O) groups excluding carboxylic acids is 2. The fraction of sp³-hybridized carbons (Fsp3) is 0.400. The number of aromatic carboxylic acids is 1. The minimum Gasteiger partial charge on any atom is -0.478 e. The van der Waals surface area contributed by atoms with E-state index in [-0.39, 0.29) is 23.8 Å². The number of hydrogen-bond acceptors (Lipinski definition) is 3. The van der Waals surface area contributed by atoms with Crippen molar-refractivity contribution < 1.29 is 19.5 Å².